The SMILES string of the molecule is CSC1=C(C)C(N)N(C)C(c2ccccc2)=N1. The van der Waals surface area contributed by atoms with Crippen LogP contribution in [0.15, 0.2) is 45.9 Å². The molecule has 0 bridgehead atoms. The summed E-state index contributed by atoms with van der Waals surface area (Å²) in [4.78, 5) is 6.71. The van der Waals surface area contributed by atoms with E-state index in [0.717, 1.165) is 22.0 Å². The second-order valence-electron chi connectivity index (χ2n) is 4.05. The lowest BCUT2D eigenvalue weighted by Crippen LogP contribution is -2.46. The Morgan fingerprint density at radius 1 is 1.29 bits per heavy atom. The van der Waals surface area contributed by atoms with Crippen molar-refractivity contribution in [3.05, 3.63) is 46.5 Å². The number of benzene rings is 1. The molecule has 0 saturated heterocycles. The van der Waals surface area contributed by atoms with Crippen LogP contribution in [0.3, 0.4) is 0 Å². The highest BCUT2D eigenvalue weighted by molar-refractivity contribution is 8.02. The lowest BCUT2D eigenvalue weighted by atomic mass is 10.1. The van der Waals surface area contributed by atoms with E-state index < -0.39 is 0 Å². The molecule has 1 aromatic rings. The van der Waals surface area contributed by atoms with Crippen molar-refractivity contribution in [2.24, 2.45) is 10.7 Å². The number of nitrogens with zero attached hydrogens (tertiary/aromatic N) is 2. The highest BCUT2D eigenvalue weighted by Gasteiger charge is 2.24. The Labute approximate surface area is 106 Å². The number of thioether (sulfide) groups is 1. The van der Waals surface area contributed by atoms with E-state index in [4.69, 9.17) is 5.73 Å². The molecular weight excluding hydrogens is 230 g/mol. The largest absolute Gasteiger partial charge is 0.340 e. The minimum Gasteiger partial charge on any atom is -0.340 e. The first-order valence-electron chi connectivity index (χ1n) is 5.52. The molecule has 1 aliphatic heterocycles. The van der Waals surface area contributed by atoms with Crippen molar-refractivity contribution in [2.75, 3.05) is 13.3 Å². The topological polar surface area (TPSA) is 41.6 Å². The molecule has 0 saturated carbocycles. The van der Waals surface area contributed by atoms with Crippen LogP contribution >= 0.6 is 11.8 Å². The van der Waals surface area contributed by atoms with Gasteiger partial charge in [0, 0.05) is 12.6 Å². The molecule has 2 N–H and O–H groups in total. The summed E-state index contributed by atoms with van der Waals surface area (Å²) in [5, 5.41) is 1.02. The molecule has 0 radical (unpaired) electrons. The molecule has 0 aliphatic carbocycles. The number of likely N-dealkylation sites (N-methyl/N-ethyl adjacent to an activating group) is 1. The lowest BCUT2D eigenvalue weighted by Gasteiger charge is -2.33. The molecule has 0 aromatic heterocycles. The molecule has 17 heavy (non-hydrogen) atoms. The van der Waals surface area contributed by atoms with E-state index in [-0.39, 0.29) is 6.17 Å². The fourth-order valence-electron chi connectivity index (χ4n) is 1.87. The van der Waals surface area contributed by atoms with E-state index in [2.05, 4.69) is 17.1 Å². The molecule has 4 heteroatoms. The van der Waals surface area contributed by atoms with Gasteiger partial charge in [-0.05, 0) is 18.8 Å². The number of nitrogens with two attached hydrogens (primary N) is 1. The normalized spacial score (nSPS) is 20.6. The van der Waals surface area contributed by atoms with E-state index in [9.17, 15) is 0 Å². The quantitative estimate of drug-likeness (QED) is 0.871. The number of hydrogen-bond acceptors (Lipinski definition) is 4. The zero-order chi connectivity index (χ0) is 12.4. The van der Waals surface area contributed by atoms with Gasteiger partial charge in [0.1, 0.15) is 17.0 Å². The maximum atomic E-state index is 6.19. The van der Waals surface area contributed by atoms with Crippen LogP contribution in [0, 0.1) is 0 Å². The Hall–Kier alpha value is -1.26. The average molecular weight is 247 g/mol. The Balaban J connectivity index is 2.47. The maximum absolute atomic E-state index is 6.19. The third-order valence-electron chi connectivity index (χ3n) is 2.97. The van der Waals surface area contributed by atoms with Crippen molar-refractivity contribution >= 4 is 17.6 Å². The monoisotopic (exact) mass is 247 g/mol. The Kier molecular flexibility index (Phi) is 3.54. The predicted molar refractivity (Wildman–Crippen MR) is 74.9 cm³/mol. The van der Waals surface area contributed by atoms with E-state index in [1.54, 1.807) is 11.8 Å². The first-order valence-corrected chi connectivity index (χ1v) is 6.75. The molecule has 90 valence electrons. The van der Waals surface area contributed by atoms with Crippen LogP contribution in [-0.2, 0) is 0 Å². The van der Waals surface area contributed by atoms with Crippen LogP contribution in [0.25, 0.3) is 0 Å². The predicted octanol–water partition coefficient (Wildman–Crippen LogP) is 2.26. The Morgan fingerprint density at radius 3 is 2.53 bits per heavy atom. The standard InChI is InChI=1S/C13H17N3S/c1-9-11(14)16(2)12(15-13(9)17-3)10-7-5-4-6-8-10/h4-8,11H,14H2,1-3H3. The Bertz CT molecular complexity index is 465. The molecule has 0 amide bonds. The van der Waals surface area contributed by atoms with E-state index >= 15 is 0 Å². The van der Waals surface area contributed by atoms with Crippen LogP contribution in [0.1, 0.15) is 12.5 Å². The molecule has 1 atom stereocenters. The summed E-state index contributed by atoms with van der Waals surface area (Å²) in [6.07, 6.45) is 1.94. The third-order valence-corrected chi connectivity index (χ3v) is 3.77. The zero-order valence-electron chi connectivity index (χ0n) is 10.3. The van der Waals surface area contributed by atoms with Crippen molar-refractivity contribution in [2.45, 2.75) is 13.1 Å². The summed E-state index contributed by atoms with van der Waals surface area (Å²) in [5.74, 6) is 0.938. The summed E-state index contributed by atoms with van der Waals surface area (Å²) in [5.41, 5.74) is 8.42. The molecule has 1 aliphatic rings. The summed E-state index contributed by atoms with van der Waals surface area (Å²) >= 11 is 1.64. The van der Waals surface area contributed by atoms with Crippen LogP contribution in [0.4, 0.5) is 0 Å². The number of rotatable bonds is 2. The second-order valence-corrected chi connectivity index (χ2v) is 4.84. The van der Waals surface area contributed by atoms with Gasteiger partial charge >= 0.3 is 0 Å². The number of hydrogen-bond donors (Lipinski definition) is 1. The highest BCUT2D eigenvalue weighted by atomic mass is 32.2. The van der Waals surface area contributed by atoms with Gasteiger partial charge in [-0.1, -0.05) is 30.3 Å². The molecular formula is C13H17N3S. The second kappa shape index (κ2) is 4.94. The average Bonchev–Trinajstić information content (AvgIpc) is 2.37. The van der Waals surface area contributed by atoms with Crippen molar-refractivity contribution in [3.8, 4) is 0 Å². The van der Waals surface area contributed by atoms with E-state index in [0.29, 0.717) is 0 Å². The first kappa shape index (κ1) is 12.2. The minimum atomic E-state index is -0.0924. The zero-order valence-corrected chi connectivity index (χ0v) is 11.2. The molecule has 1 unspecified atom stereocenters. The van der Waals surface area contributed by atoms with Crippen molar-refractivity contribution in [1.82, 2.24) is 4.90 Å². The lowest BCUT2D eigenvalue weighted by molar-refractivity contribution is 0.411. The maximum Gasteiger partial charge on any atom is 0.138 e. The number of amidine groups is 1. The van der Waals surface area contributed by atoms with E-state index in [1.165, 1.54) is 0 Å². The summed E-state index contributed by atoms with van der Waals surface area (Å²) in [7, 11) is 1.98. The van der Waals surface area contributed by atoms with Crippen LogP contribution in [-0.4, -0.2) is 30.2 Å². The number of aliphatic imine (C=N–C) groups is 1. The third kappa shape index (κ3) is 2.23. The van der Waals surface area contributed by atoms with Crippen molar-refractivity contribution in [1.29, 1.82) is 0 Å². The van der Waals surface area contributed by atoms with Gasteiger partial charge in [0.25, 0.3) is 0 Å². The fraction of sp³-hybridized carbons (Fsp3) is 0.308. The molecule has 0 spiro atoms. The van der Waals surface area contributed by atoms with Gasteiger partial charge in [0.2, 0.25) is 0 Å². The molecule has 2 rings (SSSR count). The fourth-order valence-corrected chi connectivity index (χ4v) is 2.49. The van der Waals surface area contributed by atoms with Gasteiger partial charge in [-0.15, -0.1) is 11.8 Å². The van der Waals surface area contributed by atoms with E-state index in [1.807, 2.05) is 43.3 Å². The van der Waals surface area contributed by atoms with Crippen LogP contribution < -0.4 is 5.73 Å². The Morgan fingerprint density at radius 2 is 1.94 bits per heavy atom. The smallest absolute Gasteiger partial charge is 0.138 e. The van der Waals surface area contributed by atoms with Gasteiger partial charge in [0.05, 0.1) is 0 Å². The molecule has 0 fully saturated rings. The molecule has 1 heterocycles. The minimum absolute atomic E-state index is 0.0924. The molecule has 3 nitrogen and oxygen atoms in total. The van der Waals surface area contributed by atoms with Gasteiger partial charge in [-0.2, -0.15) is 0 Å². The van der Waals surface area contributed by atoms with Gasteiger partial charge in [0.15, 0.2) is 0 Å². The van der Waals surface area contributed by atoms with Gasteiger partial charge < -0.3 is 10.6 Å². The van der Waals surface area contributed by atoms with Crippen LogP contribution in [0.2, 0.25) is 0 Å². The summed E-state index contributed by atoms with van der Waals surface area (Å²) < 4.78 is 0. The first-order chi connectivity index (χ1) is 8.15. The van der Waals surface area contributed by atoms with Crippen molar-refractivity contribution in [3.63, 3.8) is 0 Å². The van der Waals surface area contributed by atoms with Gasteiger partial charge in [-0.3, -0.25) is 0 Å². The molecule has 1 aromatic carbocycles. The van der Waals surface area contributed by atoms with Gasteiger partial charge in [-0.25, -0.2) is 4.99 Å². The van der Waals surface area contributed by atoms with Crippen LogP contribution in [0.5, 0.6) is 0 Å². The highest BCUT2D eigenvalue weighted by Crippen LogP contribution is 2.27. The van der Waals surface area contributed by atoms with Crippen molar-refractivity contribution < 1.29 is 0 Å². The summed E-state index contributed by atoms with van der Waals surface area (Å²) in [6.45, 7) is 2.04. The summed E-state index contributed by atoms with van der Waals surface area (Å²) in [6, 6.07) is 10.1.